The highest BCUT2D eigenvalue weighted by Gasteiger charge is 2.24. The zero-order valence-corrected chi connectivity index (χ0v) is 11.5. The third-order valence-electron chi connectivity index (χ3n) is 3.55. The molecule has 0 spiro atoms. The van der Waals surface area contributed by atoms with Crippen molar-refractivity contribution in [1.29, 1.82) is 0 Å². The summed E-state index contributed by atoms with van der Waals surface area (Å²) >= 11 is 5.81. The SMILES string of the molecule is Nc1cc(Cl)ccc1C(=O)NC1CCCCCC1O. The highest BCUT2D eigenvalue weighted by molar-refractivity contribution is 6.31. The van der Waals surface area contributed by atoms with E-state index in [1.807, 2.05) is 0 Å². The number of anilines is 1. The van der Waals surface area contributed by atoms with E-state index in [2.05, 4.69) is 5.32 Å². The van der Waals surface area contributed by atoms with E-state index in [9.17, 15) is 9.90 Å². The maximum Gasteiger partial charge on any atom is 0.253 e. The predicted octanol–water partition coefficient (Wildman–Crippen LogP) is 2.35. The summed E-state index contributed by atoms with van der Waals surface area (Å²) in [6, 6.07) is 4.61. The van der Waals surface area contributed by atoms with Crippen LogP contribution in [0.5, 0.6) is 0 Å². The van der Waals surface area contributed by atoms with E-state index in [1.165, 1.54) is 0 Å². The number of aliphatic hydroxyl groups is 1. The molecule has 4 N–H and O–H groups in total. The second-order valence-electron chi connectivity index (χ2n) is 5.02. The van der Waals surface area contributed by atoms with Gasteiger partial charge in [0.1, 0.15) is 0 Å². The van der Waals surface area contributed by atoms with Gasteiger partial charge in [0.05, 0.1) is 17.7 Å². The van der Waals surface area contributed by atoms with Gasteiger partial charge in [-0.15, -0.1) is 0 Å². The summed E-state index contributed by atoms with van der Waals surface area (Å²) in [6.45, 7) is 0. The number of carbonyl (C=O) groups excluding carboxylic acids is 1. The Morgan fingerprint density at radius 2 is 2.05 bits per heavy atom. The Morgan fingerprint density at radius 3 is 2.79 bits per heavy atom. The third kappa shape index (κ3) is 3.61. The Bertz CT molecular complexity index is 465. The summed E-state index contributed by atoms with van der Waals surface area (Å²) in [5, 5.41) is 13.4. The second kappa shape index (κ2) is 6.26. The molecule has 0 saturated heterocycles. The summed E-state index contributed by atoms with van der Waals surface area (Å²) in [4.78, 5) is 12.2. The van der Waals surface area contributed by atoms with Crippen LogP contribution in [-0.4, -0.2) is 23.2 Å². The number of hydrogen-bond donors (Lipinski definition) is 3. The minimum absolute atomic E-state index is 0.190. The molecular weight excluding hydrogens is 264 g/mol. The van der Waals surface area contributed by atoms with Gasteiger partial charge >= 0.3 is 0 Å². The molecule has 1 aromatic carbocycles. The number of halogens is 1. The van der Waals surface area contributed by atoms with Crippen molar-refractivity contribution in [3.8, 4) is 0 Å². The standard InChI is InChI=1S/C14H19ClN2O2/c15-9-6-7-10(11(16)8-9)14(19)17-12-4-2-1-3-5-13(12)18/h6-8,12-13,18H,1-5,16H2,(H,17,19). The van der Waals surface area contributed by atoms with Crippen molar-refractivity contribution in [2.24, 2.45) is 0 Å². The largest absolute Gasteiger partial charge is 0.398 e. The van der Waals surface area contributed by atoms with Crippen molar-refractivity contribution in [2.45, 2.75) is 44.2 Å². The Hall–Kier alpha value is -1.26. The number of benzene rings is 1. The molecular formula is C14H19ClN2O2. The first-order chi connectivity index (χ1) is 9.08. The summed E-state index contributed by atoms with van der Waals surface area (Å²) in [6.07, 6.45) is 4.21. The van der Waals surface area contributed by atoms with Crippen LogP contribution in [0, 0.1) is 0 Å². The average Bonchev–Trinajstić information content (AvgIpc) is 2.55. The van der Waals surface area contributed by atoms with Crippen molar-refractivity contribution < 1.29 is 9.90 Å². The number of aliphatic hydroxyl groups excluding tert-OH is 1. The minimum Gasteiger partial charge on any atom is -0.398 e. The smallest absolute Gasteiger partial charge is 0.253 e. The Balaban J connectivity index is 2.07. The molecule has 4 nitrogen and oxygen atoms in total. The molecule has 2 rings (SSSR count). The molecule has 104 valence electrons. The molecule has 5 heteroatoms. The van der Waals surface area contributed by atoms with Crippen molar-refractivity contribution >= 4 is 23.2 Å². The van der Waals surface area contributed by atoms with Crippen LogP contribution in [0.4, 0.5) is 5.69 Å². The van der Waals surface area contributed by atoms with Gasteiger partial charge in [0.25, 0.3) is 5.91 Å². The van der Waals surface area contributed by atoms with E-state index in [0.717, 1.165) is 32.1 Å². The highest BCUT2D eigenvalue weighted by Crippen LogP contribution is 2.21. The van der Waals surface area contributed by atoms with Gasteiger partial charge in [-0.1, -0.05) is 30.9 Å². The Kier molecular flexibility index (Phi) is 4.66. The van der Waals surface area contributed by atoms with E-state index >= 15 is 0 Å². The van der Waals surface area contributed by atoms with Crippen LogP contribution in [0.3, 0.4) is 0 Å². The summed E-state index contributed by atoms with van der Waals surface area (Å²) in [5.41, 5.74) is 6.54. The molecule has 2 unspecified atom stereocenters. The topological polar surface area (TPSA) is 75.4 Å². The minimum atomic E-state index is -0.472. The van der Waals surface area contributed by atoms with Gasteiger partial charge in [0.15, 0.2) is 0 Å². The van der Waals surface area contributed by atoms with Gasteiger partial charge in [-0.25, -0.2) is 0 Å². The third-order valence-corrected chi connectivity index (χ3v) is 3.79. The number of amides is 1. The van der Waals surface area contributed by atoms with Crippen molar-refractivity contribution in [2.75, 3.05) is 5.73 Å². The number of nitrogens with one attached hydrogen (secondary N) is 1. The first-order valence-electron chi connectivity index (χ1n) is 6.62. The summed E-state index contributed by atoms with van der Waals surface area (Å²) in [7, 11) is 0. The van der Waals surface area contributed by atoms with Crippen LogP contribution in [-0.2, 0) is 0 Å². The number of carbonyl (C=O) groups is 1. The number of hydrogen-bond acceptors (Lipinski definition) is 3. The lowest BCUT2D eigenvalue weighted by atomic mass is 10.0. The molecule has 0 aliphatic heterocycles. The lowest BCUT2D eigenvalue weighted by molar-refractivity contribution is 0.0819. The van der Waals surface area contributed by atoms with Gasteiger partial charge in [-0.05, 0) is 31.0 Å². The maximum atomic E-state index is 12.2. The summed E-state index contributed by atoms with van der Waals surface area (Å²) in [5.74, 6) is -0.250. The lowest BCUT2D eigenvalue weighted by Gasteiger charge is -2.22. The van der Waals surface area contributed by atoms with E-state index < -0.39 is 6.10 Å². The molecule has 0 aromatic heterocycles. The van der Waals surface area contributed by atoms with Crippen LogP contribution in [0.25, 0.3) is 0 Å². The number of nitrogen functional groups attached to an aromatic ring is 1. The second-order valence-corrected chi connectivity index (χ2v) is 5.45. The van der Waals surface area contributed by atoms with E-state index in [4.69, 9.17) is 17.3 Å². The fraction of sp³-hybridized carbons (Fsp3) is 0.500. The van der Waals surface area contributed by atoms with E-state index in [-0.39, 0.29) is 11.9 Å². The lowest BCUT2D eigenvalue weighted by Crippen LogP contribution is -2.42. The monoisotopic (exact) mass is 282 g/mol. The molecule has 1 fully saturated rings. The van der Waals surface area contributed by atoms with Crippen molar-refractivity contribution in [3.05, 3.63) is 28.8 Å². The van der Waals surface area contributed by atoms with Crippen molar-refractivity contribution in [1.82, 2.24) is 5.32 Å². The van der Waals surface area contributed by atoms with Crippen LogP contribution in [0.2, 0.25) is 5.02 Å². The number of rotatable bonds is 2. The van der Waals surface area contributed by atoms with Crippen LogP contribution >= 0.6 is 11.6 Å². The fourth-order valence-corrected chi connectivity index (χ4v) is 2.62. The molecule has 1 aliphatic rings. The van der Waals surface area contributed by atoms with Crippen LogP contribution < -0.4 is 11.1 Å². The summed E-state index contributed by atoms with van der Waals surface area (Å²) < 4.78 is 0. The highest BCUT2D eigenvalue weighted by atomic mass is 35.5. The molecule has 1 aliphatic carbocycles. The predicted molar refractivity (Wildman–Crippen MR) is 76.2 cm³/mol. The van der Waals surface area contributed by atoms with Crippen molar-refractivity contribution in [3.63, 3.8) is 0 Å². The van der Waals surface area contributed by atoms with Crippen LogP contribution in [0.1, 0.15) is 42.5 Å². The normalized spacial score (nSPS) is 23.7. The van der Waals surface area contributed by atoms with Gasteiger partial charge in [-0.3, -0.25) is 4.79 Å². The molecule has 0 heterocycles. The molecule has 0 bridgehead atoms. The number of nitrogens with two attached hydrogens (primary N) is 1. The van der Waals surface area contributed by atoms with E-state index in [0.29, 0.717) is 16.3 Å². The average molecular weight is 283 g/mol. The first kappa shape index (κ1) is 14.2. The molecule has 1 amide bonds. The zero-order chi connectivity index (χ0) is 13.8. The molecule has 0 radical (unpaired) electrons. The van der Waals surface area contributed by atoms with Gasteiger partial charge in [-0.2, -0.15) is 0 Å². The van der Waals surface area contributed by atoms with Gasteiger partial charge in [0.2, 0.25) is 0 Å². The maximum absolute atomic E-state index is 12.2. The zero-order valence-electron chi connectivity index (χ0n) is 10.7. The Morgan fingerprint density at radius 1 is 1.32 bits per heavy atom. The van der Waals surface area contributed by atoms with E-state index in [1.54, 1.807) is 18.2 Å². The Labute approximate surface area is 117 Å². The van der Waals surface area contributed by atoms with Gasteiger partial charge < -0.3 is 16.2 Å². The molecule has 19 heavy (non-hydrogen) atoms. The first-order valence-corrected chi connectivity index (χ1v) is 6.99. The quantitative estimate of drug-likeness (QED) is 0.576. The van der Waals surface area contributed by atoms with Crippen LogP contribution in [0.15, 0.2) is 18.2 Å². The molecule has 1 aromatic rings. The molecule has 1 saturated carbocycles. The molecule has 2 atom stereocenters. The van der Waals surface area contributed by atoms with Gasteiger partial charge in [0, 0.05) is 10.7 Å². The fourth-order valence-electron chi connectivity index (χ4n) is 2.44.